The minimum atomic E-state index is -0.767. The van der Waals surface area contributed by atoms with Gasteiger partial charge in [0.1, 0.15) is 0 Å². The third kappa shape index (κ3) is 1.84. The molecule has 1 aliphatic carbocycles. The summed E-state index contributed by atoms with van der Waals surface area (Å²) in [6, 6.07) is 7.79. The highest BCUT2D eigenvalue weighted by atomic mass is 16.5. The largest absolute Gasteiger partial charge is 0.468 e. The number of esters is 1. The van der Waals surface area contributed by atoms with E-state index < -0.39 is 11.0 Å². The summed E-state index contributed by atoms with van der Waals surface area (Å²) in [7, 11) is 1.40. The number of carbonyl (C=O) groups excluding carboxylic acids is 1. The van der Waals surface area contributed by atoms with Gasteiger partial charge < -0.3 is 9.84 Å². The van der Waals surface area contributed by atoms with Crippen LogP contribution in [-0.4, -0.2) is 23.8 Å². The summed E-state index contributed by atoms with van der Waals surface area (Å²) in [6.45, 7) is 3.74. The van der Waals surface area contributed by atoms with Crippen LogP contribution in [0.2, 0.25) is 0 Å². The molecule has 92 valence electrons. The lowest BCUT2D eigenvalue weighted by Gasteiger charge is -2.50. The first-order valence-electron chi connectivity index (χ1n) is 5.78. The predicted octanol–water partition coefficient (Wildman–Crippen LogP) is 1.95. The zero-order valence-electron chi connectivity index (χ0n) is 10.5. The first-order valence-corrected chi connectivity index (χ1v) is 5.78. The van der Waals surface area contributed by atoms with E-state index >= 15 is 0 Å². The van der Waals surface area contributed by atoms with Gasteiger partial charge in [0.2, 0.25) is 0 Å². The Labute approximate surface area is 101 Å². The molecule has 3 nitrogen and oxygen atoms in total. The Kier molecular flexibility index (Phi) is 2.74. The van der Waals surface area contributed by atoms with Crippen LogP contribution in [-0.2, 0) is 14.9 Å². The van der Waals surface area contributed by atoms with Crippen LogP contribution in [0.5, 0.6) is 0 Å². The number of hydrogen-bond acceptors (Lipinski definition) is 3. The molecule has 3 heteroatoms. The Bertz CT molecular complexity index is 441. The van der Waals surface area contributed by atoms with Crippen LogP contribution in [0, 0.1) is 6.92 Å². The number of rotatable bonds is 2. The average Bonchev–Trinajstić information content (AvgIpc) is 2.25. The van der Waals surface area contributed by atoms with Crippen molar-refractivity contribution in [3.8, 4) is 0 Å². The first-order chi connectivity index (χ1) is 7.91. The molecule has 0 radical (unpaired) electrons. The topological polar surface area (TPSA) is 46.5 Å². The summed E-state index contributed by atoms with van der Waals surface area (Å²) in [5.41, 5.74) is 0.604. The Balaban J connectivity index is 2.44. The van der Waals surface area contributed by atoms with Crippen LogP contribution in [0.1, 0.15) is 30.9 Å². The maximum Gasteiger partial charge on any atom is 0.316 e. The molecule has 1 N–H and O–H groups in total. The predicted molar refractivity (Wildman–Crippen MR) is 64.7 cm³/mol. The highest BCUT2D eigenvalue weighted by Crippen LogP contribution is 2.51. The monoisotopic (exact) mass is 234 g/mol. The van der Waals surface area contributed by atoms with Gasteiger partial charge >= 0.3 is 5.97 Å². The second-order valence-corrected chi connectivity index (χ2v) is 5.24. The van der Waals surface area contributed by atoms with Crippen molar-refractivity contribution in [2.75, 3.05) is 7.11 Å². The van der Waals surface area contributed by atoms with Gasteiger partial charge in [-0.15, -0.1) is 0 Å². The normalized spacial score (nSPS) is 31.8. The van der Waals surface area contributed by atoms with E-state index in [1.165, 1.54) is 7.11 Å². The van der Waals surface area contributed by atoms with E-state index in [9.17, 15) is 9.90 Å². The molecular weight excluding hydrogens is 216 g/mol. The third-order valence-electron chi connectivity index (χ3n) is 3.60. The summed E-state index contributed by atoms with van der Waals surface area (Å²) < 4.78 is 4.91. The zero-order chi connectivity index (χ0) is 12.7. The SMILES string of the molecule is COC(=O)C1(c2ccccc2C)CC(C)(O)C1. The number of benzene rings is 1. The lowest BCUT2D eigenvalue weighted by Crippen LogP contribution is -2.57. The maximum atomic E-state index is 12.0. The molecule has 0 saturated heterocycles. The van der Waals surface area contributed by atoms with Gasteiger partial charge in [0.05, 0.1) is 18.1 Å². The second-order valence-electron chi connectivity index (χ2n) is 5.24. The Morgan fingerprint density at radius 1 is 1.35 bits per heavy atom. The fraction of sp³-hybridized carbons (Fsp3) is 0.500. The van der Waals surface area contributed by atoms with Gasteiger partial charge in [-0.25, -0.2) is 0 Å². The molecule has 0 amide bonds. The van der Waals surface area contributed by atoms with Crippen LogP contribution in [0.3, 0.4) is 0 Å². The Morgan fingerprint density at radius 2 is 1.94 bits per heavy atom. The Morgan fingerprint density at radius 3 is 2.41 bits per heavy atom. The van der Waals surface area contributed by atoms with Crippen molar-refractivity contribution in [3.63, 3.8) is 0 Å². The van der Waals surface area contributed by atoms with E-state index in [4.69, 9.17) is 4.74 Å². The molecule has 0 aliphatic heterocycles. The molecule has 0 unspecified atom stereocenters. The number of hydrogen-bond donors (Lipinski definition) is 1. The van der Waals surface area contributed by atoms with Crippen molar-refractivity contribution in [2.24, 2.45) is 0 Å². The van der Waals surface area contributed by atoms with Gasteiger partial charge in [-0.05, 0) is 37.8 Å². The summed E-state index contributed by atoms with van der Waals surface area (Å²) in [5, 5.41) is 9.94. The number of ether oxygens (including phenoxy) is 1. The lowest BCUT2D eigenvalue weighted by atomic mass is 9.56. The molecule has 1 aromatic rings. The van der Waals surface area contributed by atoms with Gasteiger partial charge in [0.25, 0.3) is 0 Å². The maximum absolute atomic E-state index is 12.0. The van der Waals surface area contributed by atoms with Gasteiger partial charge in [-0.1, -0.05) is 24.3 Å². The first kappa shape index (κ1) is 12.1. The summed E-state index contributed by atoms with van der Waals surface area (Å²) in [4.78, 5) is 12.0. The van der Waals surface area contributed by atoms with E-state index in [1.807, 2.05) is 31.2 Å². The standard InChI is InChI=1S/C14H18O3/c1-10-6-4-5-7-11(10)14(12(15)17-3)8-13(2,16)9-14/h4-7,16H,8-9H2,1-3H3. The van der Waals surface area contributed by atoms with E-state index in [0.717, 1.165) is 11.1 Å². The average molecular weight is 234 g/mol. The van der Waals surface area contributed by atoms with E-state index in [0.29, 0.717) is 12.8 Å². The summed E-state index contributed by atoms with van der Waals surface area (Å²) in [6.07, 6.45) is 0.856. The van der Waals surface area contributed by atoms with Crippen LogP contribution in [0.15, 0.2) is 24.3 Å². The number of aryl methyl sites for hydroxylation is 1. The Hall–Kier alpha value is -1.35. The molecular formula is C14H18O3. The molecule has 2 rings (SSSR count). The molecule has 1 aromatic carbocycles. The fourth-order valence-electron chi connectivity index (χ4n) is 3.00. The van der Waals surface area contributed by atoms with Crippen molar-refractivity contribution in [3.05, 3.63) is 35.4 Å². The molecule has 1 aliphatic rings. The van der Waals surface area contributed by atoms with Gasteiger partial charge in [-0.2, -0.15) is 0 Å². The minimum Gasteiger partial charge on any atom is -0.468 e. The molecule has 0 heterocycles. The van der Waals surface area contributed by atoms with Crippen LogP contribution in [0.4, 0.5) is 0 Å². The van der Waals surface area contributed by atoms with E-state index in [-0.39, 0.29) is 5.97 Å². The van der Waals surface area contributed by atoms with Crippen LogP contribution >= 0.6 is 0 Å². The number of carbonyl (C=O) groups is 1. The fourth-order valence-corrected chi connectivity index (χ4v) is 3.00. The summed E-state index contributed by atoms with van der Waals surface area (Å²) >= 11 is 0. The second kappa shape index (κ2) is 3.84. The van der Waals surface area contributed by atoms with Gasteiger partial charge in [-0.3, -0.25) is 4.79 Å². The molecule has 1 saturated carbocycles. The van der Waals surface area contributed by atoms with Crippen molar-refractivity contribution >= 4 is 5.97 Å². The smallest absolute Gasteiger partial charge is 0.316 e. The van der Waals surface area contributed by atoms with E-state index in [1.54, 1.807) is 6.92 Å². The third-order valence-corrected chi connectivity index (χ3v) is 3.60. The minimum absolute atomic E-state index is 0.252. The molecule has 0 aromatic heterocycles. The number of methoxy groups -OCH3 is 1. The van der Waals surface area contributed by atoms with Crippen molar-refractivity contribution in [1.29, 1.82) is 0 Å². The molecule has 17 heavy (non-hydrogen) atoms. The molecule has 0 spiro atoms. The molecule has 1 fully saturated rings. The highest BCUT2D eigenvalue weighted by Gasteiger charge is 2.58. The molecule has 0 bridgehead atoms. The van der Waals surface area contributed by atoms with Crippen molar-refractivity contribution in [1.82, 2.24) is 0 Å². The molecule has 0 atom stereocenters. The van der Waals surface area contributed by atoms with Gasteiger partial charge in [0.15, 0.2) is 0 Å². The zero-order valence-corrected chi connectivity index (χ0v) is 10.5. The van der Waals surface area contributed by atoms with E-state index in [2.05, 4.69) is 0 Å². The lowest BCUT2D eigenvalue weighted by molar-refractivity contribution is -0.165. The number of aliphatic hydroxyl groups is 1. The quantitative estimate of drug-likeness (QED) is 0.796. The van der Waals surface area contributed by atoms with Crippen molar-refractivity contribution < 1.29 is 14.6 Å². The van der Waals surface area contributed by atoms with Gasteiger partial charge in [0, 0.05) is 0 Å². The van der Waals surface area contributed by atoms with Crippen LogP contribution in [0.25, 0.3) is 0 Å². The highest BCUT2D eigenvalue weighted by molar-refractivity contribution is 5.85. The van der Waals surface area contributed by atoms with Crippen LogP contribution < -0.4 is 0 Å². The summed E-state index contributed by atoms with van der Waals surface area (Å²) in [5.74, 6) is -0.252. The van der Waals surface area contributed by atoms with Crippen molar-refractivity contribution in [2.45, 2.75) is 37.7 Å².